The number of aromatic nitrogens is 2. The van der Waals surface area contributed by atoms with Crippen LogP contribution in [0.3, 0.4) is 0 Å². The van der Waals surface area contributed by atoms with Crippen LogP contribution in [0.4, 0.5) is 0 Å². The molecule has 2 aromatic rings. The van der Waals surface area contributed by atoms with Crippen molar-refractivity contribution in [1.29, 1.82) is 0 Å². The molecule has 0 saturated heterocycles. The van der Waals surface area contributed by atoms with Crippen LogP contribution in [0.25, 0.3) is 10.9 Å². The predicted molar refractivity (Wildman–Crippen MR) is 64.2 cm³/mol. The number of nitrogens with zero attached hydrogens (tertiary/aromatic N) is 2. The number of hydrogen-bond donors (Lipinski definition) is 1. The molecule has 3 heteroatoms. The van der Waals surface area contributed by atoms with E-state index in [0.29, 0.717) is 0 Å². The molecule has 0 aliphatic carbocycles. The summed E-state index contributed by atoms with van der Waals surface area (Å²) in [6, 6.07) is 4.02. The SMILES string of the molecule is CCCc1c(CO)ncc2ccc(C)nc12. The van der Waals surface area contributed by atoms with E-state index in [1.807, 2.05) is 19.1 Å². The summed E-state index contributed by atoms with van der Waals surface area (Å²) in [6.07, 6.45) is 3.73. The van der Waals surface area contributed by atoms with Crippen molar-refractivity contribution in [3.63, 3.8) is 0 Å². The highest BCUT2D eigenvalue weighted by atomic mass is 16.3. The second-order valence-corrected chi connectivity index (χ2v) is 3.98. The van der Waals surface area contributed by atoms with Gasteiger partial charge >= 0.3 is 0 Å². The molecule has 84 valence electrons. The molecule has 0 amide bonds. The quantitative estimate of drug-likeness (QED) is 0.856. The van der Waals surface area contributed by atoms with Crippen molar-refractivity contribution >= 4 is 10.9 Å². The van der Waals surface area contributed by atoms with Crippen LogP contribution in [-0.2, 0) is 13.0 Å². The zero-order chi connectivity index (χ0) is 11.5. The standard InChI is InChI=1S/C13H16N2O/c1-3-4-11-12(8-16)14-7-10-6-5-9(2)15-13(10)11/h5-7,16H,3-4,8H2,1-2H3. The molecule has 0 saturated carbocycles. The van der Waals surface area contributed by atoms with Gasteiger partial charge in [0.25, 0.3) is 0 Å². The molecule has 2 heterocycles. The second-order valence-electron chi connectivity index (χ2n) is 3.98. The van der Waals surface area contributed by atoms with Crippen LogP contribution in [0.5, 0.6) is 0 Å². The first-order valence-corrected chi connectivity index (χ1v) is 5.61. The van der Waals surface area contributed by atoms with Crippen LogP contribution < -0.4 is 0 Å². The maximum absolute atomic E-state index is 9.28. The summed E-state index contributed by atoms with van der Waals surface area (Å²) in [5, 5.41) is 10.3. The second kappa shape index (κ2) is 4.58. The van der Waals surface area contributed by atoms with E-state index in [1.165, 1.54) is 0 Å². The first-order chi connectivity index (χ1) is 7.76. The fourth-order valence-electron chi connectivity index (χ4n) is 1.92. The van der Waals surface area contributed by atoms with Crippen LogP contribution in [0.2, 0.25) is 0 Å². The summed E-state index contributed by atoms with van der Waals surface area (Å²) in [5.74, 6) is 0. The fraction of sp³-hybridized carbons (Fsp3) is 0.385. The molecule has 0 aliphatic rings. The molecule has 2 rings (SSSR count). The largest absolute Gasteiger partial charge is 0.390 e. The molecule has 0 aliphatic heterocycles. The van der Waals surface area contributed by atoms with Gasteiger partial charge in [-0.15, -0.1) is 0 Å². The van der Waals surface area contributed by atoms with Crippen LogP contribution in [0, 0.1) is 6.92 Å². The summed E-state index contributed by atoms with van der Waals surface area (Å²) in [5.41, 5.74) is 3.83. The maximum Gasteiger partial charge on any atom is 0.0856 e. The van der Waals surface area contributed by atoms with Crippen molar-refractivity contribution < 1.29 is 5.11 Å². The lowest BCUT2D eigenvalue weighted by molar-refractivity contribution is 0.275. The van der Waals surface area contributed by atoms with Crippen LogP contribution in [-0.4, -0.2) is 15.1 Å². The number of fused-ring (bicyclic) bond motifs is 1. The van der Waals surface area contributed by atoms with Gasteiger partial charge in [-0.2, -0.15) is 0 Å². The Kier molecular flexibility index (Phi) is 3.15. The minimum absolute atomic E-state index is 0.0130. The Morgan fingerprint density at radius 3 is 2.81 bits per heavy atom. The lowest BCUT2D eigenvalue weighted by atomic mass is 10.0. The van der Waals surface area contributed by atoms with E-state index in [9.17, 15) is 5.11 Å². The van der Waals surface area contributed by atoms with Gasteiger partial charge in [-0.3, -0.25) is 9.97 Å². The van der Waals surface area contributed by atoms with Gasteiger partial charge in [-0.1, -0.05) is 13.3 Å². The van der Waals surface area contributed by atoms with E-state index in [0.717, 1.165) is 40.7 Å². The van der Waals surface area contributed by atoms with Gasteiger partial charge in [0.15, 0.2) is 0 Å². The molecule has 3 nitrogen and oxygen atoms in total. The summed E-state index contributed by atoms with van der Waals surface area (Å²) < 4.78 is 0. The molecule has 0 aromatic carbocycles. The normalized spacial score (nSPS) is 10.9. The molecule has 1 N–H and O–H groups in total. The monoisotopic (exact) mass is 216 g/mol. The molecular weight excluding hydrogens is 200 g/mol. The molecule has 0 unspecified atom stereocenters. The Bertz CT molecular complexity index is 509. The first kappa shape index (κ1) is 11.0. The van der Waals surface area contributed by atoms with Gasteiger partial charge in [0.1, 0.15) is 0 Å². The maximum atomic E-state index is 9.28. The number of aliphatic hydroxyl groups is 1. The molecule has 0 fully saturated rings. The minimum Gasteiger partial charge on any atom is -0.390 e. The Labute approximate surface area is 95.2 Å². The average Bonchev–Trinajstić information content (AvgIpc) is 2.30. The van der Waals surface area contributed by atoms with Crippen molar-refractivity contribution in [3.8, 4) is 0 Å². The number of hydrogen-bond acceptors (Lipinski definition) is 3. The Morgan fingerprint density at radius 1 is 1.31 bits per heavy atom. The van der Waals surface area contributed by atoms with Crippen molar-refractivity contribution in [3.05, 3.63) is 35.3 Å². The average molecular weight is 216 g/mol. The number of aryl methyl sites for hydroxylation is 2. The molecular formula is C13H16N2O. The molecule has 0 radical (unpaired) electrons. The van der Waals surface area contributed by atoms with Gasteiger partial charge in [-0.25, -0.2) is 0 Å². The fourth-order valence-corrected chi connectivity index (χ4v) is 1.92. The number of rotatable bonds is 3. The minimum atomic E-state index is -0.0130. The van der Waals surface area contributed by atoms with Gasteiger partial charge < -0.3 is 5.11 Å². The predicted octanol–water partition coefficient (Wildman–Crippen LogP) is 2.38. The van der Waals surface area contributed by atoms with Crippen LogP contribution in [0.15, 0.2) is 18.3 Å². The van der Waals surface area contributed by atoms with Gasteiger partial charge in [0, 0.05) is 22.8 Å². The summed E-state index contributed by atoms with van der Waals surface area (Å²) >= 11 is 0. The lowest BCUT2D eigenvalue weighted by Crippen LogP contribution is -2.01. The first-order valence-electron chi connectivity index (χ1n) is 5.61. The molecule has 0 bridgehead atoms. The Morgan fingerprint density at radius 2 is 2.12 bits per heavy atom. The highest BCUT2D eigenvalue weighted by Gasteiger charge is 2.09. The molecule has 16 heavy (non-hydrogen) atoms. The topological polar surface area (TPSA) is 46.0 Å². The van der Waals surface area contributed by atoms with Gasteiger partial charge in [0.05, 0.1) is 17.8 Å². The summed E-state index contributed by atoms with van der Waals surface area (Å²) in [4.78, 5) is 8.84. The third kappa shape index (κ3) is 1.91. The summed E-state index contributed by atoms with van der Waals surface area (Å²) in [7, 11) is 0. The third-order valence-electron chi connectivity index (χ3n) is 2.71. The van der Waals surface area contributed by atoms with E-state index >= 15 is 0 Å². The highest BCUT2D eigenvalue weighted by Crippen LogP contribution is 2.20. The molecule has 0 spiro atoms. The highest BCUT2D eigenvalue weighted by molar-refractivity contribution is 5.81. The van der Waals surface area contributed by atoms with Crippen molar-refractivity contribution in [1.82, 2.24) is 9.97 Å². The molecule has 0 atom stereocenters. The van der Waals surface area contributed by atoms with Crippen LogP contribution in [0.1, 0.15) is 30.3 Å². The molecule has 2 aromatic heterocycles. The van der Waals surface area contributed by atoms with Gasteiger partial charge in [0.2, 0.25) is 0 Å². The Balaban J connectivity index is 2.71. The van der Waals surface area contributed by atoms with Gasteiger partial charge in [-0.05, 0) is 25.5 Å². The third-order valence-corrected chi connectivity index (χ3v) is 2.71. The summed E-state index contributed by atoms with van der Waals surface area (Å²) in [6.45, 7) is 4.09. The van der Waals surface area contributed by atoms with E-state index in [2.05, 4.69) is 16.9 Å². The van der Waals surface area contributed by atoms with Crippen molar-refractivity contribution in [2.24, 2.45) is 0 Å². The van der Waals surface area contributed by atoms with E-state index in [-0.39, 0.29) is 6.61 Å². The van der Waals surface area contributed by atoms with Crippen LogP contribution >= 0.6 is 0 Å². The lowest BCUT2D eigenvalue weighted by Gasteiger charge is -2.09. The van der Waals surface area contributed by atoms with E-state index < -0.39 is 0 Å². The zero-order valence-corrected chi connectivity index (χ0v) is 9.70. The van der Waals surface area contributed by atoms with Crippen molar-refractivity contribution in [2.45, 2.75) is 33.3 Å². The van der Waals surface area contributed by atoms with E-state index in [4.69, 9.17) is 0 Å². The number of pyridine rings is 2. The zero-order valence-electron chi connectivity index (χ0n) is 9.70. The van der Waals surface area contributed by atoms with E-state index in [1.54, 1.807) is 6.20 Å². The smallest absolute Gasteiger partial charge is 0.0856 e. The Hall–Kier alpha value is -1.48. The number of aliphatic hydroxyl groups excluding tert-OH is 1. The van der Waals surface area contributed by atoms with Crippen molar-refractivity contribution in [2.75, 3.05) is 0 Å².